The summed E-state index contributed by atoms with van der Waals surface area (Å²) in [6.45, 7) is 5.31. The molecule has 0 spiro atoms. The normalized spacial score (nSPS) is 15.6. The molecule has 1 aromatic rings. The van der Waals surface area contributed by atoms with E-state index < -0.39 is 0 Å². The molecule has 1 fully saturated rings. The number of rotatable bonds is 6. The highest BCUT2D eigenvalue weighted by Gasteiger charge is 2.17. The van der Waals surface area contributed by atoms with Gasteiger partial charge >= 0.3 is 0 Å². The predicted molar refractivity (Wildman–Crippen MR) is 76.0 cm³/mol. The van der Waals surface area contributed by atoms with Gasteiger partial charge in [-0.05, 0) is 26.2 Å². The summed E-state index contributed by atoms with van der Waals surface area (Å²) < 4.78 is 0. The Balaban J connectivity index is 1.89. The van der Waals surface area contributed by atoms with Crippen LogP contribution in [0.25, 0.3) is 0 Å². The standard InChI is InChI=1S/C14H24N4/c1-11(2)17-13-9-14(16-10-15-13)18(3)8-7-12-5-4-6-12/h9-12H,4-8H2,1-3H3,(H,15,16,17). The lowest BCUT2D eigenvalue weighted by Gasteiger charge is -2.28. The Morgan fingerprint density at radius 2 is 2.17 bits per heavy atom. The Kier molecular flexibility index (Phi) is 4.39. The van der Waals surface area contributed by atoms with Crippen molar-refractivity contribution in [2.24, 2.45) is 5.92 Å². The van der Waals surface area contributed by atoms with Crippen molar-refractivity contribution in [3.8, 4) is 0 Å². The van der Waals surface area contributed by atoms with Crippen LogP contribution in [0.1, 0.15) is 39.5 Å². The smallest absolute Gasteiger partial charge is 0.133 e. The summed E-state index contributed by atoms with van der Waals surface area (Å²) in [5.41, 5.74) is 0. The SMILES string of the molecule is CC(C)Nc1cc(N(C)CCC2CCC2)ncn1. The maximum absolute atomic E-state index is 4.34. The zero-order chi connectivity index (χ0) is 13.0. The predicted octanol–water partition coefficient (Wildman–Crippen LogP) is 2.92. The quantitative estimate of drug-likeness (QED) is 0.840. The lowest BCUT2D eigenvalue weighted by Crippen LogP contribution is -2.24. The van der Waals surface area contributed by atoms with Gasteiger partial charge in [-0.15, -0.1) is 0 Å². The lowest BCUT2D eigenvalue weighted by molar-refractivity contribution is 0.299. The van der Waals surface area contributed by atoms with Crippen LogP contribution in [0.3, 0.4) is 0 Å². The van der Waals surface area contributed by atoms with Gasteiger partial charge in [-0.2, -0.15) is 0 Å². The van der Waals surface area contributed by atoms with Gasteiger partial charge < -0.3 is 10.2 Å². The molecule has 2 rings (SSSR count). The molecule has 0 radical (unpaired) electrons. The molecule has 0 saturated heterocycles. The topological polar surface area (TPSA) is 41.0 Å². The molecule has 1 aliphatic rings. The lowest BCUT2D eigenvalue weighted by atomic mass is 9.83. The molecule has 0 bridgehead atoms. The molecular weight excluding hydrogens is 224 g/mol. The Bertz CT molecular complexity index is 374. The molecule has 0 atom stereocenters. The van der Waals surface area contributed by atoms with Crippen molar-refractivity contribution in [3.05, 3.63) is 12.4 Å². The van der Waals surface area contributed by atoms with Crippen molar-refractivity contribution in [1.82, 2.24) is 9.97 Å². The summed E-state index contributed by atoms with van der Waals surface area (Å²) in [5, 5.41) is 3.31. The van der Waals surface area contributed by atoms with Crippen molar-refractivity contribution in [3.63, 3.8) is 0 Å². The first-order valence-electron chi connectivity index (χ1n) is 6.95. The molecule has 1 aliphatic carbocycles. The van der Waals surface area contributed by atoms with Crippen LogP contribution in [0.4, 0.5) is 11.6 Å². The van der Waals surface area contributed by atoms with Crippen molar-refractivity contribution in [1.29, 1.82) is 0 Å². The van der Waals surface area contributed by atoms with Crippen molar-refractivity contribution in [2.45, 2.75) is 45.6 Å². The first-order chi connectivity index (χ1) is 8.65. The number of anilines is 2. The van der Waals surface area contributed by atoms with Crippen LogP contribution in [0.5, 0.6) is 0 Å². The Morgan fingerprint density at radius 3 is 2.78 bits per heavy atom. The third kappa shape index (κ3) is 3.59. The van der Waals surface area contributed by atoms with Gasteiger partial charge in [0.2, 0.25) is 0 Å². The van der Waals surface area contributed by atoms with E-state index in [1.54, 1.807) is 6.33 Å². The van der Waals surface area contributed by atoms with Gasteiger partial charge in [-0.25, -0.2) is 9.97 Å². The molecular formula is C14H24N4. The maximum atomic E-state index is 4.34. The van der Waals surface area contributed by atoms with Gasteiger partial charge in [-0.3, -0.25) is 0 Å². The number of nitrogens with zero attached hydrogens (tertiary/aromatic N) is 3. The van der Waals surface area contributed by atoms with Gasteiger partial charge in [0.15, 0.2) is 0 Å². The zero-order valence-corrected chi connectivity index (χ0v) is 11.7. The van der Waals surface area contributed by atoms with E-state index in [4.69, 9.17) is 0 Å². The molecule has 1 saturated carbocycles. The van der Waals surface area contributed by atoms with Crippen LogP contribution >= 0.6 is 0 Å². The van der Waals surface area contributed by atoms with Crippen LogP contribution in [0, 0.1) is 5.92 Å². The fourth-order valence-corrected chi connectivity index (χ4v) is 2.20. The van der Waals surface area contributed by atoms with E-state index in [0.717, 1.165) is 24.1 Å². The highest BCUT2D eigenvalue weighted by atomic mass is 15.2. The number of hydrogen-bond acceptors (Lipinski definition) is 4. The van der Waals surface area contributed by atoms with E-state index in [9.17, 15) is 0 Å². The minimum Gasteiger partial charge on any atom is -0.368 e. The molecule has 0 unspecified atom stereocenters. The molecule has 100 valence electrons. The van der Waals surface area contributed by atoms with E-state index in [0.29, 0.717) is 6.04 Å². The molecule has 1 N–H and O–H groups in total. The van der Waals surface area contributed by atoms with Crippen LogP contribution in [0.15, 0.2) is 12.4 Å². The molecule has 4 heteroatoms. The average Bonchev–Trinajstić information content (AvgIpc) is 2.26. The fourth-order valence-electron chi connectivity index (χ4n) is 2.20. The highest BCUT2D eigenvalue weighted by molar-refractivity contribution is 5.48. The van der Waals surface area contributed by atoms with Gasteiger partial charge in [0.05, 0.1) is 0 Å². The Hall–Kier alpha value is -1.32. The second-order valence-electron chi connectivity index (χ2n) is 5.57. The van der Waals surface area contributed by atoms with E-state index in [-0.39, 0.29) is 0 Å². The minimum atomic E-state index is 0.396. The Morgan fingerprint density at radius 1 is 1.39 bits per heavy atom. The molecule has 18 heavy (non-hydrogen) atoms. The summed E-state index contributed by atoms with van der Waals surface area (Å²) >= 11 is 0. The van der Waals surface area contributed by atoms with Crippen LogP contribution in [0.2, 0.25) is 0 Å². The van der Waals surface area contributed by atoms with Gasteiger partial charge in [0, 0.05) is 25.7 Å². The van der Waals surface area contributed by atoms with Crippen molar-refractivity contribution in [2.75, 3.05) is 23.8 Å². The van der Waals surface area contributed by atoms with E-state index in [1.165, 1.54) is 25.7 Å². The second kappa shape index (κ2) is 6.03. The second-order valence-corrected chi connectivity index (χ2v) is 5.57. The Labute approximate surface area is 110 Å². The summed E-state index contributed by atoms with van der Waals surface area (Å²) in [4.78, 5) is 10.8. The third-order valence-electron chi connectivity index (χ3n) is 3.58. The summed E-state index contributed by atoms with van der Waals surface area (Å²) in [6, 6.07) is 2.42. The van der Waals surface area contributed by atoms with Crippen LogP contribution in [-0.4, -0.2) is 29.6 Å². The minimum absolute atomic E-state index is 0.396. The van der Waals surface area contributed by atoms with Gasteiger partial charge in [0.1, 0.15) is 18.0 Å². The van der Waals surface area contributed by atoms with Gasteiger partial charge in [0.25, 0.3) is 0 Å². The van der Waals surface area contributed by atoms with Crippen LogP contribution < -0.4 is 10.2 Å². The summed E-state index contributed by atoms with van der Waals surface area (Å²) in [6.07, 6.45) is 7.17. The average molecular weight is 248 g/mol. The highest BCUT2D eigenvalue weighted by Crippen LogP contribution is 2.29. The molecule has 0 aliphatic heterocycles. The molecule has 4 nitrogen and oxygen atoms in total. The number of hydrogen-bond donors (Lipinski definition) is 1. The molecule has 1 aromatic heterocycles. The van der Waals surface area contributed by atoms with Gasteiger partial charge in [-0.1, -0.05) is 19.3 Å². The molecule has 1 heterocycles. The van der Waals surface area contributed by atoms with Crippen molar-refractivity contribution >= 4 is 11.6 Å². The van der Waals surface area contributed by atoms with Crippen molar-refractivity contribution < 1.29 is 0 Å². The van der Waals surface area contributed by atoms with Crippen LogP contribution in [-0.2, 0) is 0 Å². The zero-order valence-electron chi connectivity index (χ0n) is 11.7. The number of aromatic nitrogens is 2. The monoisotopic (exact) mass is 248 g/mol. The summed E-state index contributed by atoms with van der Waals surface area (Å²) in [5.74, 6) is 2.86. The summed E-state index contributed by atoms with van der Waals surface area (Å²) in [7, 11) is 2.11. The van der Waals surface area contributed by atoms with E-state index in [1.807, 2.05) is 6.07 Å². The molecule has 0 aromatic carbocycles. The first kappa shape index (κ1) is 13.1. The van der Waals surface area contributed by atoms with E-state index >= 15 is 0 Å². The first-order valence-corrected chi connectivity index (χ1v) is 6.95. The fraction of sp³-hybridized carbons (Fsp3) is 0.714. The number of nitrogens with one attached hydrogen (secondary N) is 1. The van der Waals surface area contributed by atoms with E-state index in [2.05, 4.69) is 41.1 Å². The third-order valence-corrected chi connectivity index (χ3v) is 3.58. The maximum Gasteiger partial charge on any atom is 0.133 e. The largest absolute Gasteiger partial charge is 0.368 e. The molecule has 0 amide bonds.